The first-order chi connectivity index (χ1) is 10.1. The lowest BCUT2D eigenvalue weighted by molar-refractivity contribution is -0.385. The molecule has 0 unspecified atom stereocenters. The third-order valence-corrected chi connectivity index (χ3v) is 3.84. The summed E-state index contributed by atoms with van der Waals surface area (Å²) in [4.78, 5) is 24.5. The van der Waals surface area contributed by atoms with Gasteiger partial charge in [-0.25, -0.2) is 0 Å². The molecule has 0 spiro atoms. The number of carbonyl (C=O) groups is 1. The molecule has 0 aliphatic heterocycles. The van der Waals surface area contributed by atoms with E-state index in [9.17, 15) is 14.9 Å². The number of ether oxygens (including phenoxy) is 1. The lowest BCUT2D eigenvalue weighted by Gasteiger charge is -2.27. The molecule has 1 aromatic rings. The van der Waals surface area contributed by atoms with Crippen LogP contribution in [-0.2, 0) is 4.79 Å². The number of hydrogen-bond donors (Lipinski definition) is 0. The van der Waals surface area contributed by atoms with Crippen molar-refractivity contribution in [3.05, 3.63) is 34.4 Å². The van der Waals surface area contributed by atoms with Gasteiger partial charge in [0.05, 0.1) is 4.92 Å². The van der Waals surface area contributed by atoms with Crippen LogP contribution in [0.2, 0.25) is 0 Å². The van der Waals surface area contributed by atoms with E-state index in [1.807, 2.05) is 11.8 Å². The second-order valence-electron chi connectivity index (χ2n) is 5.13. The Labute approximate surface area is 123 Å². The standard InChI is InChI=1S/C15H20N2O4/c1-2-16(12-7-3-4-8-12)15(18)11-21-14-10-6-5-9-13(14)17(19)20/h5-6,9-10,12H,2-4,7-8,11H2,1H3. The fourth-order valence-corrected chi connectivity index (χ4v) is 2.81. The largest absolute Gasteiger partial charge is 0.477 e. The topological polar surface area (TPSA) is 72.7 Å². The summed E-state index contributed by atoms with van der Waals surface area (Å²) >= 11 is 0. The van der Waals surface area contributed by atoms with Gasteiger partial charge in [0.2, 0.25) is 0 Å². The van der Waals surface area contributed by atoms with Crippen LogP contribution in [0.25, 0.3) is 0 Å². The second-order valence-corrected chi connectivity index (χ2v) is 5.13. The zero-order valence-corrected chi connectivity index (χ0v) is 12.2. The molecule has 6 heteroatoms. The summed E-state index contributed by atoms with van der Waals surface area (Å²) in [5, 5.41) is 10.9. The number of rotatable bonds is 6. The van der Waals surface area contributed by atoms with Crippen molar-refractivity contribution in [2.75, 3.05) is 13.2 Å². The lowest BCUT2D eigenvalue weighted by Crippen LogP contribution is -2.41. The molecule has 21 heavy (non-hydrogen) atoms. The van der Waals surface area contributed by atoms with Crippen molar-refractivity contribution in [1.82, 2.24) is 4.90 Å². The van der Waals surface area contributed by atoms with Crippen molar-refractivity contribution in [3.8, 4) is 5.75 Å². The maximum atomic E-state index is 12.2. The second kappa shape index (κ2) is 7.06. The average Bonchev–Trinajstić information content (AvgIpc) is 3.00. The smallest absolute Gasteiger partial charge is 0.310 e. The van der Waals surface area contributed by atoms with E-state index in [-0.39, 0.29) is 30.0 Å². The van der Waals surface area contributed by atoms with Gasteiger partial charge < -0.3 is 9.64 Å². The van der Waals surface area contributed by atoms with E-state index in [2.05, 4.69) is 0 Å². The van der Waals surface area contributed by atoms with Crippen molar-refractivity contribution < 1.29 is 14.5 Å². The lowest BCUT2D eigenvalue weighted by atomic mass is 10.2. The van der Waals surface area contributed by atoms with Crippen LogP contribution in [0.4, 0.5) is 5.69 Å². The molecule has 1 aliphatic carbocycles. The Morgan fingerprint density at radius 1 is 1.38 bits per heavy atom. The van der Waals surface area contributed by atoms with Crippen molar-refractivity contribution in [3.63, 3.8) is 0 Å². The molecule has 0 radical (unpaired) electrons. The number of para-hydroxylation sites is 2. The molecule has 6 nitrogen and oxygen atoms in total. The summed E-state index contributed by atoms with van der Waals surface area (Å²) in [6.45, 7) is 2.43. The number of nitro benzene ring substituents is 1. The number of carbonyl (C=O) groups excluding carboxylic acids is 1. The molecule has 0 aromatic heterocycles. The highest BCUT2D eigenvalue weighted by atomic mass is 16.6. The normalized spacial score (nSPS) is 14.9. The van der Waals surface area contributed by atoms with Crippen LogP contribution in [0.5, 0.6) is 5.75 Å². The molecule has 1 saturated carbocycles. The number of likely N-dealkylation sites (N-methyl/N-ethyl adjacent to an activating group) is 1. The van der Waals surface area contributed by atoms with Crippen LogP contribution in [-0.4, -0.2) is 34.9 Å². The van der Waals surface area contributed by atoms with Gasteiger partial charge in [-0.15, -0.1) is 0 Å². The van der Waals surface area contributed by atoms with E-state index in [1.54, 1.807) is 12.1 Å². The zero-order chi connectivity index (χ0) is 15.2. The molecule has 114 valence electrons. The highest BCUT2D eigenvalue weighted by Gasteiger charge is 2.26. The van der Waals surface area contributed by atoms with Gasteiger partial charge in [0.1, 0.15) is 0 Å². The third kappa shape index (κ3) is 3.71. The van der Waals surface area contributed by atoms with Gasteiger partial charge in [-0.05, 0) is 25.8 Å². The van der Waals surface area contributed by atoms with Crippen molar-refractivity contribution >= 4 is 11.6 Å². The van der Waals surface area contributed by atoms with Crippen LogP contribution in [0.15, 0.2) is 24.3 Å². The van der Waals surface area contributed by atoms with E-state index in [0.29, 0.717) is 6.54 Å². The Bertz CT molecular complexity index is 512. The highest BCUT2D eigenvalue weighted by Crippen LogP contribution is 2.26. The number of nitrogens with zero attached hydrogens (tertiary/aromatic N) is 2. The van der Waals surface area contributed by atoms with Crippen LogP contribution in [0, 0.1) is 10.1 Å². The molecule has 0 bridgehead atoms. The average molecular weight is 292 g/mol. The van der Waals surface area contributed by atoms with Crippen LogP contribution in [0.1, 0.15) is 32.6 Å². The molecule has 0 N–H and O–H groups in total. The van der Waals surface area contributed by atoms with Crippen LogP contribution in [0.3, 0.4) is 0 Å². The molecule has 1 amide bonds. The fourth-order valence-electron chi connectivity index (χ4n) is 2.81. The summed E-state index contributed by atoms with van der Waals surface area (Å²) in [6.07, 6.45) is 4.37. The molecule has 0 heterocycles. The molecular formula is C15H20N2O4. The Hall–Kier alpha value is -2.11. The van der Waals surface area contributed by atoms with E-state index in [0.717, 1.165) is 25.7 Å². The van der Waals surface area contributed by atoms with Crippen molar-refractivity contribution in [2.45, 2.75) is 38.6 Å². The predicted octanol–water partition coefficient (Wildman–Crippen LogP) is 2.76. The first kappa shape index (κ1) is 15.3. The quantitative estimate of drug-likeness (QED) is 0.597. The molecular weight excluding hydrogens is 272 g/mol. The summed E-state index contributed by atoms with van der Waals surface area (Å²) in [5.41, 5.74) is -0.116. The van der Waals surface area contributed by atoms with Crippen LogP contribution < -0.4 is 4.74 Å². The van der Waals surface area contributed by atoms with Gasteiger partial charge in [-0.2, -0.15) is 0 Å². The van der Waals surface area contributed by atoms with E-state index in [1.165, 1.54) is 12.1 Å². The highest BCUT2D eigenvalue weighted by molar-refractivity contribution is 5.78. The SMILES string of the molecule is CCN(C(=O)COc1ccccc1[N+](=O)[O-])C1CCCC1. The summed E-state index contributed by atoms with van der Waals surface area (Å²) < 4.78 is 5.37. The van der Waals surface area contributed by atoms with Gasteiger partial charge >= 0.3 is 5.69 Å². The summed E-state index contributed by atoms with van der Waals surface area (Å²) in [5.74, 6) is 0.0286. The molecule has 0 atom stereocenters. The summed E-state index contributed by atoms with van der Waals surface area (Å²) in [6, 6.07) is 6.40. The number of amides is 1. The van der Waals surface area contributed by atoms with Crippen molar-refractivity contribution in [1.29, 1.82) is 0 Å². The van der Waals surface area contributed by atoms with E-state index >= 15 is 0 Å². The number of hydrogen-bond acceptors (Lipinski definition) is 4. The molecule has 1 aromatic carbocycles. The van der Waals surface area contributed by atoms with Gasteiger partial charge in [0.15, 0.2) is 12.4 Å². The minimum Gasteiger partial charge on any atom is -0.477 e. The maximum absolute atomic E-state index is 12.2. The Kier molecular flexibility index (Phi) is 5.14. The minimum atomic E-state index is -0.506. The van der Waals surface area contributed by atoms with Gasteiger partial charge in [-0.3, -0.25) is 14.9 Å². The maximum Gasteiger partial charge on any atom is 0.310 e. The molecule has 2 rings (SSSR count). The van der Waals surface area contributed by atoms with Gasteiger partial charge in [0.25, 0.3) is 5.91 Å². The first-order valence-electron chi connectivity index (χ1n) is 7.29. The molecule has 0 saturated heterocycles. The summed E-state index contributed by atoms with van der Waals surface area (Å²) in [7, 11) is 0. The zero-order valence-electron chi connectivity index (χ0n) is 12.2. The van der Waals surface area contributed by atoms with E-state index in [4.69, 9.17) is 4.74 Å². The van der Waals surface area contributed by atoms with Crippen LogP contribution >= 0.6 is 0 Å². The van der Waals surface area contributed by atoms with Crippen molar-refractivity contribution in [2.24, 2.45) is 0 Å². The Balaban J connectivity index is 1.98. The number of benzene rings is 1. The predicted molar refractivity (Wildman–Crippen MR) is 78.2 cm³/mol. The van der Waals surface area contributed by atoms with Gasteiger partial charge in [-0.1, -0.05) is 25.0 Å². The van der Waals surface area contributed by atoms with E-state index < -0.39 is 4.92 Å². The fraction of sp³-hybridized carbons (Fsp3) is 0.533. The number of nitro groups is 1. The first-order valence-corrected chi connectivity index (χ1v) is 7.29. The van der Waals surface area contributed by atoms with Gasteiger partial charge in [0, 0.05) is 18.7 Å². The molecule has 1 aliphatic rings. The minimum absolute atomic E-state index is 0.109. The Morgan fingerprint density at radius 3 is 2.67 bits per heavy atom. The molecule has 1 fully saturated rings. The monoisotopic (exact) mass is 292 g/mol. The third-order valence-electron chi connectivity index (χ3n) is 3.84. The Morgan fingerprint density at radius 2 is 2.05 bits per heavy atom.